The molecule has 2 N–H and O–H groups in total. The lowest BCUT2D eigenvalue weighted by Gasteiger charge is -2.30. The first kappa shape index (κ1) is 14.0. The highest BCUT2D eigenvalue weighted by atomic mass is 79.9. The molecule has 0 bridgehead atoms. The summed E-state index contributed by atoms with van der Waals surface area (Å²) in [6.45, 7) is 1.52. The molecule has 1 amide bonds. The van der Waals surface area contributed by atoms with E-state index >= 15 is 0 Å². The summed E-state index contributed by atoms with van der Waals surface area (Å²) in [7, 11) is 0. The molecule has 1 fully saturated rings. The van der Waals surface area contributed by atoms with E-state index in [0.717, 1.165) is 28.7 Å². The summed E-state index contributed by atoms with van der Waals surface area (Å²) in [6, 6.07) is 2.01. The third-order valence-electron chi connectivity index (χ3n) is 2.56. The van der Waals surface area contributed by atoms with Crippen molar-refractivity contribution in [3.63, 3.8) is 0 Å². The summed E-state index contributed by atoms with van der Waals surface area (Å²) in [6.07, 6.45) is 2.04. The topological polar surface area (TPSA) is 46.3 Å². The first-order valence-electron chi connectivity index (χ1n) is 4.95. The maximum Gasteiger partial charge on any atom is 0.254 e. The maximum absolute atomic E-state index is 12.0. The number of amides is 1. The van der Waals surface area contributed by atoms with E-state index in [9.17, 15) is 4.79 Å². The summed E-state index contributed by atoms with van der Waals surface area (Å²) in [5, 5.41) is 1.88. The molecule has 0 spiro atoms. The molecule has 2 heterocycles. The zero-order chi connectivity index (χ0) is 10.8. The molecule has 0 aromatic carbocycles. The fourth-order valence-electron chi connectivity index (χ4n) is 1.80. The quantitative estimate of drug-likeness (QED) is 0.862. The van der Waals surface area contributed by atoms with Gasteiger partial charge in [-0.15, -0.1) is 23.7 Å². The lowest BCUT2D eigenvalue weighted by Crippen LogP contribution is -2.45. The molecule has 1 saturated heterocycles. The SMILES string of the molecule is Cl.NC1CCCN(C(=O)c2csc(Br)c2)C1. The normalized spacial score (nSPS) is 20.4. The van der Waals surface area contributed by atoms with Gasteiger partial charge in [-0.1, -0.05) is 0 Å². The van der Waals surface area contributed by atoms with Gasteiger partial charge in [-0.05, 0) is 34.8 Å². The minimum absolute atomic E-state index is 0. The molecular formula is C10H14BrClN2OS. The molecule has 6 heteroatoms. The summed E-state index contributed by atoms with van der Waals surface area (Å²) in [5.74, 6) is 0.104. The Morgan fingerprint density at radius 2 is 2.38 bits per heavy atom. The van der Waals surface area contributed by atoms with E-state index in [1.54, 1.807) is 0 Å². The third-order valence-corrected chi connectivity index (χ3v) is 4.06. The predicted molar refractivity (Wildman–Crippen MR) is 72.4 cm³/mol. The van der Waals surface area contributed by atoms with E-state index in [4.69, 9.17) is 5.73 Å². The number of carbonyl (C=O) groups excluding carboxylic acids is 1. The molecule has 0 aliphatic carbocycles. The number of halogens is 2. The number of nitrogens with zero attached hydrogens (tertiary/aromatic N) is 1. The van der Waals surface area contributed by atoms with Crippen molar-refractivity contribution < 1.29 is 4.79 Å². The second kappa shape index (κ2) is 6.00. The van der Waals surface area contributed by atoms with Crippen LogP contribution < -0.4 is 5.73 Å². The van der Waals surface area contributed by atoms with Crippen LogP contribution in [0.2, 0.25) is 0 Å². The van der Waals surface area contributed by atoms with Crippen molar-refractivity contribution in [2.45, 2.75) is 18.9 Å². The fourth-order valence-corrected chi connectivity index (χ4v) is 2.93. The van der Waals surface area contributed by atoms with Gasteiger partial charge in [-0.25, -0.2) is 0 Å². The maximum atomic E-state index is 12.0. The molecule has 1 atom stereocenters. The van der Waals surface area contributed by atoms with Gasteiger partial charge in [-0.3, -0.25) is 4.79 Å². The van der Waals surface area contributed by atoms with E-state index in [0.29, 0.717) is 6.54 Å². The van der Waals surface area contributed by atoms with Crippen LogP contribution in [0.5, 0.6) is 0 Å². The highest BCUT2D eigenvalue weighted by Crippen LogP contribution is 2.22. The summed E-state index contributed by atoms with van der Waals surface area (Å²) in [5.41, 5.74) is 6.61. The molecule has 90 valence electrons. The average molecular weight is 326 g/mol. The molecule has 2 rings (SSSR count). The van der Waals surface area contributed by atoms with Crippen LogP contribution in [0.15, 0.2) is 15.2 Å². The van der Waals surface area contributed by atoms with Gasteiger partial charge in [0.1, 0.15) is 0 Å². The largest absolute Gasteiger partial charge is 0.337 e. The Hall–Kier alpha value is -0.100. The van der Waals surface area contributed by atoms with Gasteiger partial charge in [0.25, 0.3) is 5.91 Å². The van der Waals surface area contributed by atoms with Crippen molar-refractivity contribution >= 4 is 45.6 Å². The predicted octanol–water partition coefficient (Wildman–Crippen LogP) is 2.50. The van der Waals surface area contributed by atoms with Crippen molar-refractivity contribution in [3.05, 3.63) is 20.8 Å². The Kier molecular flexibility index (Phi) is 5.24. The fraction of sp³-hybridized carbons (Fsp3) is 0.500. The van der Waals surface area contributed by atoms with Gasteiger partial charge < -0.3 is 10.6 Å². The standard InChI is InChI=1S/C10H13BrN2OS.ClH/c11-9-4-7(6-15-9)10(14)13-3-1-2-8(12)5-13;/h4,6,8H,1-3,5,12H2;1H. The lowest BCUT2D eigenvalue weighted by molar-refractivity contribution is 0.0709. The van der Waals surface area contributed by atoms with Crippen LogP contribution in [0.3, 0.4) is 0 Å². The van der Waals surface area contributed by atoms with Gasteiger partial charge in [0.2, 0.25) is 0 Å². The van der Waals surface area contributed by atoms with Crippen molar-refractivity contribution in [1.82, 2.24) is 4.90 Å². The van der Waals surface area contributed by atoms with Gasteiger partial charge in [0.15, 0.2) is 0 Å². The van der Waals surface area contributed by atoms with Gasteiger partial charge in [0.05, 0.1) is 9.35 Å². The van der Waals surface area contributed by atoms with Crippen LogP contribution in [0.4, 0.5) is 0 Å². The van der Waals surface area contributed by atoms with Crippen molar-refractivity contribution in [1.29, 1.82) is 0 Å². The Morgan fingerprint density at radius 3 is 2.94 bits per heavy atom. The summed E-state index contributed by atoms with van der Waals surface area (Å²) >= 11 is 4.89. The van der Waals surface area contributed by atoms with E-state index < -0.39 is 0 Å². The van der Waals surface area contributed by atoms with Crippen molar-refractivity contribution in [2.24, 2.45) is 5.73 Å². The van der Waals surface area contributed by atoms with Crippen LogP contribution in [0.1, 0.15) is 23.2 Å². The molecule has 0 saturated carbocycles. The summed E-state index contributed by atoms with van der Waals surface area (Å²) < 4.78 is 0.993. The second-order valence-electron chi connectivity index (χ2n) is 3.79. The van der Waals surface area contributed by atoms with Crippen LogP contribution in [-0.4, -0.2) is 29.9 Å². The average Bonchev–Trinajstić information content (AvgIpc) is 2.64. The van der Waals surface area contributed by atoms with Gasteiger partial charge in [-0.2, -0.15) is 0 Å². The summed E-state index contributed by atoms with van der Waals surface area (Å²) in [4.78, 5) is 13.9. The first-order chi connectivity index (χ1) is 7.16. The number of thiophene rings is 1. The third kappa shape index (κ3) is 3.20. The number of carbonyl (C=O) groups is 1. The zero-order valence-electron chi connectivity index (χ0n) is 8.69. The van der Waals surface area contributed by atoms with E-state index in [1.807, 2.05) is 16.3 Å². The molecule has 3 nitrogen and oxygen atoms in total. The smallest absolute Gasteiger partial charge is 0.254 e. The Bertz CT molecular complexity index is 371. The second-order valence-corrected chi connectivity index (χ2v) is 6.08. The number of hydrogen-bond acceptors (Lipinski definition) is 3. The van der Waals surface area contributed by atoms with E-state index in [1.165, 1.54) is 11.3 Å². The number of nitrogens with two attached hydrogens (primary N) is 1. The molecule has 1 aromatic heterocycles. The van der Waals surface area contributed by atoms with Gasteiger partial charge >= 0.3 is 0 Å². The molecule has 1 aliphatic heterocycles. The highest BCUT2D eigenvalue weighted by molar-refractivity contribution is 9.11. The molecule has 16 heavy (non-hydrogen) atoms. The van der Waals surface area contributed by atoms with Gasteiger partial charge in [0, 0.05) is 24.5 Å². The number of piperidine rings is 1. The molecule has 0 radical (unpaired) electrons. The monoisotopic (exact) mass is 324 g/mol. The van der Waals surface area contributed by atoms with Crippen molar-refractivity contribution in [2.75, 3.05) is 13.1 Å². The van der Waals surface area contributed by atoms with Crippen LogP contribution in [0.25, 0.3) is 0 Å². The number of hydrogen-bond donors (Lipinski definition) is 1. The van der Waals surface area contributed by atoms with E-state index in [-0.39, 0.29) is 24.4 Å². The van der Waals surface area contributed by atoms with Crippen LogP contribution >= 0.6 is 39.7 Å². The highest BCUT2D eigenvalue weighted by Gasteiger charge is 2.22. The zero-order valence-corrected chi connectivity index (χ0v) is 11.9. The molecular weight excluding hydrogens is 312 g/mol. The lowest BCUT2D eigenvalue weighted by atomic mass is 10.1. The number of likely N-dealkylation sites (tertiary alicyclic amines) is 1. The minimum Gasteiger partial charge on any atom is -0.337 e. The Labute approximate surface area is 114 Å². The molecule has 1 aliphatic rings. The van der Waals surface area contributed by atoms with Crippen LogP contribution in [0, 0.1) is 0 Å². The number of rotatable bonds is 1. The molecule has 1 unspecified atom stereocenters. The van der Waals surface area contributed by atoms with E-state index in [2.05, 4.69) is 15.9 Å². The Morgan fingerprint density at radius 1 is 1.62 bits per heavy atom. The van der Waals surface area contributed by atoms with Crippen LogP contribution in [-0.2, 0) is 0 Å². The first-order valence-corrected chi connectivity index (χ1v) is 6.63. The molecule has 1 aromatic rings. The Balaban J connectivity index is 0.00000128. The minimum atomic E-state index is 0. The van der Waals surface area contributed by atoms with Crippen molar-refractivity contribution in [3.8, 4) is 0 Å².